The van der Waals surface area contributed by atoms with Crippen molar-refractivity contribution in [3.8, 4) is 0 Å². The molecule has 1 heterocycles. The first-order valence-electron chi connectivity index (χ1n) is 2.09. The van der Waals surface area contributed by atoms with E-state index in [9.17, 15) is 4.91 Å². The molecule has 0 spiro atoms. The Morgan fingerprint density at radius 2 is 2.75 bits per heavy atom. The van der Waals surface area contributed by atoms with Crippen molar-refractivity contribution in [1.82, 2.24) is 4.98 Å². The van der Waals surface area contributed by atoms with Crippen LogP contribution in [-0.4, -0.2) is 4.98 Å². The van der Waals surface area contributed by atoms with Crippen molar-refractivity contribution in [3.63, 3.8) is 0 Å². The van der Waals surface area contributed by atoms with Gasteiger partial charge in [-0.1, -0.05) is 5.18 Å². The maximum Gasteiger partial charge on any atom is 0.124 e. The summed E-state index contributed by atoms with van der Waals surface area (Å²) in [6.07, 6.45) is 0. The fourth-order valence-electron chi connectivity index (χ4n) is 0.382. The SMILES string of the molecule is O=NCc1cscn1. The van der Waals surface area contributed by atoms with E-state index in [2.05, 4.69) is 10.2 Å². The van der Waals surface area contributed by atoms with Gasteiger partial charge in [0.1, 0.15) is 6.54 Å². The molecule has 0 atom stereocenters. The number of hydrogen-bond acceptors (Lipinski definition) is 4. The van der Waals surface area contributed by atoms with Crippen LogP contribution >= 0.6 is 11.3 Å². The van der Waals surface area contributed by atoms with E-state index in [1.165, 1.54) is 11.3 Å². The molecule has 1 rings (SSSR count). The maximum atomic E-state index is 9.59. The third-order valence-corrected chi connectivity index (χ3v) is 1.35. The number of hydrogen-bond donors (Lipinski definition) is 0. The third-order valence-electron chi connectivity index (χ3n) is 0.710. The molecule has 0 aromatic carbocycles. The number of aromatic nitrogens is 1. The lowest BCUT2D eigenvalue weighted by Crippen LogP contribution is -1.75. The fourth-order valence-corrected chi connectivity index (χ4v) is 0.931. The van der Waals surface area contributed by atoms with Gasteiger partial charge in [-0.05, 0) is 0 Å². The Morgan fingerprint density at radius 3 is 3.25 bits per heavy atom. The maximum absolute atomic E-state index is 9.59. The van der Waals surface area contributed by atoms with E-state index >= 15 is 0 Å². The van der Waals surface area contributed by atoms with Crippen LogP contribution < -0.4 is 0 Å². The third kappa shape index (κ3) is 1.10. The summed E-state index contributed by atoms with van der Waals surface area (Å²) in [5, 5.41) is 4.48. The predicted octanol–water partition coefficient (Wildman–Crippen LogP) is 1.41. The lowest BCUT2D eigenvalue weighted by Gasteiger charge is -1.76. The van der Waals surface area contributed by atoms with Crippen LogP contribution in [0.2, 0.25) is 0 Å². The molecule has 0 aliphatic carbocycles. The summed E-state index contributed by atoms with van der Waals surface area (Å²) in [6, 6.07) is 0. The summed E-state index contributed by atoms with van der Waals surface area (Å²) in [5.74, 6) is 0. The predicted molar refractivity (Wildman–Crippen MR) is 31.6 cm³/mol. The van der Waals surface area contributed by atoms with Crippen LogP contribution in [0.1, 0.15) is 5.69 Å². The summed E-state index contributed by atoms with van der Waals surface area (Å²) < 4.78 is 0. The minimum absolute atomic E-state index is 0.198. The van der Waals surface area contributed by atoms with E-state index in [4.69, 9.17) is 0 Å². The van der Waals surface area contributed by atoms with Gasteiger partial charge in [-0.15, -0.1) is 11.3 Å². The molecule has 8 heavy (non-hydrogen) atoms. The van der Waals surface area contributed by atoms with Gasteiger partial charge in [0.15, 0.2) is 0 Å². The minimum Gasteiger partial charge on any atom is -0.248 e. The summed E-state index contributed by atoms with van der Waals surface area (Å²) in [4.78, 5) is 13.4. The van der Waals surface area contributed by atoms with Crippen molar-refractivity contribution in [2.75, 3.05) is 0 Å². The molecule has 0 aliphatic heterocycles. The van der Waals surface area contributed by atoms with Crippen LogP contribution in [0.3, 0.4) is 0 Å². The molecule has 1 aromatic rings. The molecular weight excluding hydrogens is 124 g/mol. The van der Waals surface area contributed by atoms with E-state index in [1.807, 2.05) is 0 Å². The lowest BCUT2D eigenvalue weighted by atomic mass is 10.5. The van der Waals surface area contributed by atoms with Gasteiger partial charge >= 0.3 is 0 Å². The summed E-state index contributed by atoms with van der Waals surface area (Å²) in [5.41, 5.74) is 2.44. The molecule has 0 aliphatic rings. The Labute approximate surface area is 50.4 Å². The Bertz CT molecular complexity index is 161. The number of rotatable bonds is 2. The average Bonchev–Trinajstić information content (AvgIpc) is 2.19. The first-order chi connectivity index (χ1) is 3.93. The highest BCUT2D eigenvalue weighted by Crippen LogP contribution is 2.00. The zero-order valence-corrected chi connectivity index (χ0v) is 4.89. The second-order valence-corrected chi connectivity index (χ2v) is 1.99. The van der Waals surface area contributed by atoms with E-state index in [-0.39, 0.29) is 6.54 Å². The van der Waals surface area contributed by atoms with Crippen LogP contribution in [0.15, 0.2) is 16.1 Å². The average molecular weight is 128 g/mol. The normalized spacial score (nSPS) is 9.00. The zero-order valence-electron chi connectivity index (χ0n) is 4.07. The fraction of sp³-hybridized carbons (Fsp3) is 0.250. The first-order valence-corrected chi connectivity index (χ1v) is 3.04. The van der Waals surface area contributed by atoms with Gasteiger partial charge in [0, 0.05) is 5.38 Å². The quantitative estimate of drug-likeness (QED) is 0.565. The molecule has 0 radical (unpaired) electrons. The highest BCUT2D eigenvalue weighted by Gasteiger charge is 1.89. The van der Waals surface area contributed by atoms with Gasteiger partial charge < -0.3 is 0 Å². The highest BCUT2D eigenvalue weighted by molar-refractivity contribution is 7.07. The van der Waals surface area contributed by atoms with Crippen molar-refractivity contribution < 1.29 is 0 Å². The summed E-state index contributed by atoms with van der Waals surface area (Å²) in [7, 11) is 0. The monoisotopic (exact) mass is 128 g/mol. The molecule has 0 amide bonds. The van der Waals surface area contributed by atoms with Gasteiger partial charge in [0.2, 0.25) is 0 Å². The molecule has 3 nitrogen and oxygen atoms in total. The molecule has 0 fully saturated rings. The van der Waals surface area contributed by atoms with Crippen LogP contribution in [0.25, 0.3) is 0 Å². The Morgan fingerprint density at radius 1 is 1.88 bits per heavy atom. The van der Waals surface area contributed by atoms with Crippen LogP contribution in [-0.2, 0) is 6.54 Å². The molecule has 0 saturated carbocycles. The Balaban J connectivity index is 2.62. The van der Waals surface area contributed by atoms with Crippen molar-refractivity contribution in [2.24, 2.45) is 5.18 Å². The van der Waals surface area contributed by atoms with Crippen molar-refractivity contribution >= 4 is 11.3 Å². The van der Waals surface area contributed by atoms with E-state index < -0.39 is 0 Å². The molecular formula is C4H4N2OS. The lowest BCUT2D eigenvalue weighted by molar-refractivity contribution is 1.00. The van der Waals surface area contributed by atoms with E-state index in [0.29, 0.717) is 0 Å². The molecule has 0 N–H and O–H groups in total. The van der Waals surface area contributed by atoms with Gasteiger partial charge in [0.05, 0.1) is 11.2 Å². The van der Waals surface area contributed by atoms with Crippen LogP contribution in [0, 0.1) is 4.91 Å². The topological polar surface area (TPSA) is 42.3 Å². The highest BCUT2D eigenvalue weighted by atomic mass is 32.1. The summed E-state index contributed by atoms with van der Waals surface area (Å²) >= 11 is 1.47. The van der Waals surface area contributed by atoms with Crippen LogP contribution in [0.4, 0.5) is 0 Å². The first kappa shape index (κ1) is 5.37. The number of nitroso groups, excluding NO2 is 1. The second kappa shape index (κ2) is 2.52. The number of nitrogens with zero attached hydrogens (tertiary/aromatic N) is 2. The summed E-state index contributed by atoms with van der Waals surface area (Å²) in [6.45, 7) is 0.198. The zero-order chi connectivity index (χ0) is 5.82. The second-order valence-electron chi connectivity index (χ2n) is 1.27. The van der Waals surface area contributed by atoms with Gasteiger partial charge in [-0.25, -0.2) is 4.98 Å². The molecule has 42 valence electrons. The molecule has 1 aromatic heterocycles. The van der Waals surface area contributed by atoms with Gasteiger partial charge in [-0.3, -0.25) is 0 Å². The molecule has 0 unspecified atom stereocenters. The molecule has 0 saturated heterocycles. The van der Waals surface area contributed by atoms with Crippen LogP contribution in [0.5, 0.6) is 0 Å². The smallest absolute Gasteiger partial charge is 0.124 e. The Kier molecular flexibility index (Phi) is 1.69. The minimum atomic E-state index is 0.198. The van der Waals surface area contributed by atoms with Crippen molar-refractivity contribution in [2.45, 2.75) is 6.54 Å². The van der Waals surface area contributed by atoms with E-state index in [1.54, 1.807) is 10.9 Å². The van der Waals surface area contributed by atoms with Gasteiger partial charge in [-0.2, -0.15) is 4.91 Å². The largest absolute Gasteiger partial charge is 0.248 e. The Hall–Kier alpha value is -0.770. The van der Waals surface area contributed by atoms with Gasteiger partial charge in [0.25, 0.3) is 0 Å². The van der Waals surface area contributed by atoms with E-state index in [0.717, 1.165) is 5.69 Å². The van der Waals surface area contributed by atoms with Crippen molar-refractivity contribution in [1.29, 1.82) is 0 Å². The van der Waals surface area contributed by atoms with Crippen molar-refractivity contribution in [3.05, 3.63) is 21.5 Å². The standard InChI is InChI=1S/C4H4N2OS/c7-6-1-4-2-8-3-5-4/h2-3H,1H2. The number of thiazole rings is 1. The molecule has 4 heteroatoms. The molecule has 0 bridgehead atoms.